The number of nitrogens with zero attached hydrogens (tertiary/aromatic N) is 1. The van der Waals surface area contributed by atoms with Crippen LogP contribution in [-0.4, -0.2) is 72.1 Å². The quantitative estimate of drug-likeness (QED) is 0.0568. The molecule has 0 bridgehead atoms. The Morgan fingerprint density at radius 2 is 1.36 bits per heavy atom. The van der Waals surface area contributed by atoms with Crippen molar-refractivity contribution in [2.24, 2.45) is 11.8 Å². The predicted octanol–water partition coefficient (Wildman–Crippen LogP) is 6.57. The normalized spacial score (nSPS) is 15.0. The molecule has 0 saturated heterocycles. The molecule has 1 aliphatic rings. The highest BCUT2D eigenvalue weighted by Crippen LogP contribution is 2.34. The van der Waals surface area contributed by atoms with E-state index in [1.54, 1.807) is 7.11 Å². The Kier molecular flexibility index (Phi) is 22.3. The first-order chi connectivity index (χ1) is 18.9. The van der Waals surface area contributed by atoms with E-state index in [4.69, 9.17) is 9.47 Å². The fraction of sp³-hybridized carbons (Fsp3) is 0.969. The van der Waals surface area contributed by atoms with E-state index in [0.29, 0.717) is 13.0 Å². The predicted molar refractivity (Wildman–Crippen MR) is 158 cm³/mol. The molecule has 1 rings (SSSR count). The highest BCUT2D eigenvalue weighted by Gasteiger charge is 2.27. The minimum Gasteiger partial charge on any atom is -0.465 e. The second-order valence-electron chi connectivity index (χ2n) is 12.0. The number of rotatable bonds is 28. The number of esters is 1. The molecule has 1 saturated carbocycles. The first kappa shape index (κ1) is 36.3. The minimum atomic E-state index is -2.57. The van der Waals surface area contributed by atoms with Gasteiger partial charge in [0.2, 0.25) is 0 Å². The van der Waals surface area contributed by atoms with Crippen LogP contribution in [0.3, 0.4) is 0 Å². The summed E-state index contributed by atoms with van der Waals surface area (Å²) in [6.07, 6.45) is 22.6. The van der Waals surface area contributed by atoms with Crippen LogP contribution in [0.4, 0.5) is 0 Å². The molecule has 0 aromatic heterocycles. The van der Waals surface area contributed by atoms with Crippen LogP contribution in [0.15, 0.2) is 0 Å². The maximum Gasteiger partial charge on any atom is 0.308 e. The van der Waals surface area contributed by atoms with E-state index in [9.17, 15) is 20.1 Å². The Balaban J connectivity index is 2.23. The summed E-state index contributed by atoms with van der Waals surface area (Å²) < 4.78 is 10.9. The molecule has 0 amide bonds. The standard InChI is InChI=1S/C32H63NO6/c1-3-4-5-6-7-12-21-30(28-29-19-17-20-29)31(34)39-27-16-11-9-14-24-33(25-18-22-32(35,36)37)23-13-8-10-15-26-38-2/h29-30,35-37H,3-28H2,1-2H3. The Morgan fingerprint density at radius 1 is 0.795 bits per heavy atom. The summed E-state index contributed by atoms with van der Waals surface area (Å²) >= 11 is 0. The van der Waals surface area contributed by atoms with Crippen molar-refractivity contribution in [1.29, 1.82) is 0 Å². The summed E-state index contributed by atoms with van der Waals surface area (Å²) in [5.41, 5.74) is 0. The van der Waals surface area contributed by atoms with Crippen molar-refractivity contribution in [3.8, 4) is 0 Å². The van der Waals surface area contributed by atoms with Crippen molar-refractivity contribution in [1.82, 2.24) is 4.90 Å². The van der Waals surface area contributed by atoms with Gasteiger partial charge in [0.15, 0.2) is 0 Å². The van der Waals surface area contributed by atoms with Gasteiger partial charge in [-0.3, -0.25) is 4.79 Å². The van der Waals surface area contributed by atoms with Crippen LogP contribution in [0.1, 0.15) is 142 Å². The maximum atomic E-state index is 12.8. The van der Waals surface area contributed by atoms with E-state index in [1.165, 1.54) is 51.4 Å². The number of ether oxygens (including phenoxy) is 2. The smallest absolute Gasteiger partial charge is 0.308 e. The zero-order chi connectivity index (χ0) is 28.6. The molecule has 1 fully saturated rings. The first-order valence-corrected chi connectivity index (χ1v) is 16.4. The maximum absolute atomic E-state index is 12.8. The fourth-order valence-electron chi connectivity index (χ4n) is 5.53. The average Bonchev–Trinajstić information content (AvgIpc) is 2.86. The van der Waals surface area contributed by atoms with Crippen molar-refractivity contribution >= 4 is 5.97 Å². The highest BCUT2D eigenvalue weighted by molar-refractivity contribution is 5.72. The van der Waals surface area contributed by atoms with E-state index in [1.807, 2.05) is 0 Å². The van der Waals surface area contributed by atoms with E-state index in [2.05, 4.69) is 11.8 Å². The topological polar surface area (TPSA) is 99.5 Å². The van der Waals surface area contributed by atoms with Crippen molar-refractivity contribution in [3.63, 3.8) is 0 Å². The molecule has 1 aliphatic carbocycles. The van der Waals surface area contributed by atoms with Gasteiger partial charge in [-0.1, -0.05) is 90.4 Å². The van der Waals surface area contributed by atoms with Crippen LogP contribution >= 0.6 is 0 Å². The van der Waals surface area contributed by atoms with Gasteiger partial charge < -0.3 is 29.7 Å². The molecular formula is C32H63NO6. The molecule has 3 N–H and O–H groups in total. The molecule has 0 spiro atoms. The van der Waals surface area contributed by atoms with Crippen LogP contribution < -0.4 is 0 Å². The number of aliphatic hydroxyl groups is 3. The van der Waals surface area contributed by atoms with Crippen molar-refractivity contribution in [3.05, 3.63) is 0 Å². The molecule has 232 valence electrons. The van der Waals surface area contributed by atoms with Gasteiger partial charge in [0.1, 0.15) is 0 Å². The lowest BCUT2D eigenvalue weighted by atomic mass is 9.78. The monoisotopic (exact) mass is 557 g/mol. The molecule has 7 nitrogen and oxygen atoms in total. The second-order valence-corrected chi connectivity index (χ2v) is 12.0. The van der Waals surface area contributed by atoms with Crippen LogP contribution in [0.25, 0.3) is 0 Å². The number of carbonyl (C=O) groups is 1. The average molecular weight is 558 g/mol. The van der Waals surface area contributed by atoms with Crippen molar-refractivity contribution < 1.29 is 29.6 Å². The molecule has 0 aromatic rings. The van der Waals surface area contributed by atoms with Gasteiger partial charge in [-0.25, -0.2) is 0 Å². The molecule has 0 aliphatic heterocycles. The molecule has 1 atom stereocenters. The summed E-state index contributed by atoms with van der Waals surface area (Å²) in [7, 11) is 1.74. The minimum absolute atomic E-state index is 0.0384. The van der Waals surface area contributed by atoms with Gasteiger partial charge >= 0.3 is 5.97 Å². The number of unbranched alkanes of at least 4 members (excludes halogenated alkanes) is 11. The van der Waals surface area contributed by atoms with Gasteiger partial charge in [-0.05, 0) is 70.5 Å². The SMILES string of the molecule is CCCCCCCCC(CC1CCC1)C(=O)OCCCCCCN(CCCCCCOC)CCCC(O)(O)O. The third-order valence-electron chi connectivity index (χ3n) is 8.25. The lowest BCUT2D eigenvalue weighted by Crippen LogP contribution is -2.31. The molecule has 0 heterocycles. The molecule has 1 unspecified atom stereocenters. The lowest BCUT2D eigenvalue weighted by molar-refractivity contribution is -0.315. The van der Waals surface area contributed by atoms with Gasteiger partial charge in [0, 0.05) is 20.1 Å². The summed E-state index contributed by atoms with van der Waals surface area (Å²) in [6.45, 7) is 6.29. The Labute approximate surface area is 240 Å². The molecule has 7 heteroatoms. The third kappa shape index (κ3) is 21.7. The van der Waals surface area contributed by atoms with Crippen LogP contribution in [0.5, 0.6) is 0 Å². The van der Waals surface area contributed by atoms with Gasteiger partial charge in [0.05, 0.1) is 12.5 Å². The van der Waals surface area contributed by atoms with E-state index in [-0.39, 0.29) is 18.3 Å². The molecular weight excluding hydrogens is 494 g/mol. The molecule has 0 radical (unpaired) electrons. The largest absolute Gasteiger partial charge is 0.465 e. The van der Waals surface area contributed by atoms with Crippen LogP contribution in [0.2, 0.25) is 0 Å². The zero-order valence-electron chi connectivity index (χ0n) is 25.6. The zero-order valence-corrected chi connectivity index (χ0v) is 25.6. The Hall–Kier alpha value is -0.730. The highest BCUT2D eigenvalue weighted by atomic mass is 16.7. The van der Waals surface area contributed by atoms with E-state index in [0.717, 1.165) is 103 Å². The first-order valence-electron chi connectivity index (χ1n) is 16.4. The molecule has 39 heavy (non-hydrogen) atoms. The van der Waals surface area contributed by atoms with E-state index < -0.39 is 5.97 Å². The van der Waals surface area contributed by atoms with Crippen LogP contribution in [-0.2, 0) is 14.3 Å². The van der Waals surface area contributed by atoms with Crippen molar-refractivity contribution in [2.75, 3.05) is 40.0 Å². The van der Waals surface area contributed by atoms with Crippen LogP contribution in [0, 0.1) is 11.8 Å². The number of methoxy groups -OCH3 is 1. The Morgan fingerprint density at radius 3 is 1.95 bits per heavy atom. The Bertz CT molecular complexity index is 563. The summed E-state index contributed by atoms with van der Waals surface area (Å²) in [4.78, 5) is 15.2. The lowest BCUT2D eigenvalue weighted by Gasteiger charge is -2.29. The molecule has 0 aromatic carbocycles. The fourth-order valence-corrected chi connectivity index (χ4v) is 5.53. The number of carbonyl (C=O) groups excluding carboxylic acids is 1. The summed E-state index contributed by atoms with van der Waals surface area (Å²) in [6, 6.07) is 0. The van der Waals surface area contributed by atoms with Gasteiger partial charge in [-0.2, -0.15) is 0 Å². The second kappa shape index (κ2) is 23.9. The van der Waals surface area contributed by atoms with Gasteiger partial charge in [0.25, 0.3) is 5.97 Å². The summed E-state index contributed by atoms with van der Waals surface area (Å²) in [5, 5.41) is 27.5. The van der Waals surface area contributed by atoms with Gasteiger partial charge in [-0.15, -0.1) is 0 Å². The summed E-state index contributed by atoms with van der Waals surface area (Å²) in [5.74, 6) is -1.70. The van der Waals surface area contributed by atoms with E-state index >= 15 is 0 Å². The number of hydrogen-bond acceptors (Lipinski definition) is 7. The van der Waals surface area contributed by atoms with Crippen molar-refractivity contribution in [2.45, 2.75) is 148 Å². The number of hydrogen-bond donors (Lipinski definition) is 3. The third-order valence-corrected chi connectivity index (χ3v) is 8.25.